The van der Waals surface area contributed by atoms with E-state index in [-0.39, 0.29) is 85.7 Å². The van der Waals surface area contributed by atoms with Gasteiger partial charge in [0.25, 0.3) is 17.7 Å². The molecule has 1 fully saturated rings. The number of carbonyl (C=O) groups excluding carboxylic acids is 6. The predicted molar refractivity (Wildman–Crippen MR) is 333 cm³/mol. The number of hydrogen-bond acceptors (Lipinski definition) is 22. The molecule has 3 atom stereocenters. The van der Waals surface area contributed by atoms with E-state index >= 15 is 0 Å². The van der Waals surface area contributed by atoms with Crippen LogP contribution in [0.5, 0.6) is 0 Å². The van der Waals surface area contributed by atoms with Gasteiger partial charge >= 0.3 is 18.0 Å². The van der Waals surface area contributed by atoms with Crippen LogP contribution < -0.4 is 31.5 Å². The Morgan fingerprint density at radius 2 is 1.42 bits per heavy atom. The maximum Gasteiger partial charge on any atom is 0.325 e. The molecule has 25 nitrogen and oxygen atoms in total. The van der Waals surface area contributed by atoms with Crippen molar-refractivity contribution in [3.63, 3.8) is 0 Å². The second kappa shape index (κ2) is 27.8. The topological polar surface area (TPSA) is 343 Å². The Hall–Kier alpha value is -8.33. The number of carbonyl (C=O) groups is 8. The highest BCUT2D eigenvalue weighted by Crippen LogP contribution is 2.40. The Balaban J connectivity index is 1.04. The van der Waals surface area contributed by atoms with Gasteiger partial charge < -0.3 is 46.4 Å². The number of amides is 7. The molecular weight excluding hydrogens is 1250 g/mol. The quantitative estimate of drug-likeness (QED) is 0.0574. The van der Waals surface area contributed by atoms with Crippen molar-refractivity contribution in [1.29, 1.82) is 0 Å². The van der Waals surface area contributed by atoms with Crippen LogP contribution in [-0.2, 0) is 36.9 Å². The van der Waals surface area contributed by atoms with Gasteiger partial charge in [0, 0.05) is 65.8 Å². The van der Waals surface area contributed by atoms with Crippen molar-refractivity contribution in [3.05, 3.63) is 111 Å². The second-order valence-electron chi connectivity index (χ2n) is 20.7. The van der Waals surface area contributed by atoms with E-state index in [4.69, 9.17) is 39.6 Å². The van der Waals surface area contributed by atoms with Crippen molar-refractivity contribution in [2.45, 2.75) is 77.6 Å². The number of urea groups is 1. The molecule has 2 aliphatic heterocycles. The molecule has 0 radical (unpaired) electrons. The number of anilines is 1. The number of rotatable bonds is 13. The summed E-state index contributed by atoms with van der Waals surface area (Å²) >= 11 is 7.25. The van der Waals surface area contributed by atoms with Gasteiger partial charge in [0.2, 0.25) is 11.8 Å². The van der Waals surface area contributed by atoms with Gasteiger partial charge in [-0.25, -0.2) is 39.7 Å². The number of aromatic nitrogens is 7. The van der Waals surface area contributed by atoms with Crippen LogP contribution in [0.3, 0.4) is 0 Å². The van der Waals surface area contributed by atoms with Gasteiger partial charge in [0.15, 0.2) is 0 Å². The van der Waals surface area contributed by atoms with Crippen LogP contribution in [0.15, 0.2) is 64.0 Å². The predicted octanol–water partition coefficient (Wildman–Crippen LogP) is 8.02. The lowest BCUT2D eigenvalue weighted by Gasteiger charge is -2.33. The summed E-state index contributed by atoms with van der Waals surface area (Å²) in [6.45, 7) is 5.22. The molecule has 10 bridgehead atoms. The number of nitrogens with zero attached hydrogens (tertiary/aromatic N) is 9. The summed E-state index contributed by atoms with van der Waals surface area (Å²) in [5, 5.41) is 42.9. The van der Waals surface area contributed by atoms with E-state index in [2.05, 4.69) is 26.6 Å². The smallest absolute Gasteiger partial charge is 0.325 e. The number of likely N-dealkylation sites (tertiary alicyclic amines) is 1. The minimum absolute atomic E-state index is 0.00485. The lowest BCUT2D eigenvalue weighted by Crippen LogP contribution is -2.48. The molecule has 2 aliphatic rings. The minimum Gasteiger partial charge on any atom is -0.481 e. The molecule has 10 rings (SSSR count). The fourth-order valence-corrected chi connectivity index (χ4v) is 15.2. The summed E-state index contributed by atoms with van der Waals surface area (Å²) in [5.41, 5.74) is 3.07. The Kier molecular flexibility index (Phi) is 19.8. The Morgan fingerprint density at radius 1 is 0.716 bits per heavy atom. The van der Waals surface area contributed by atoms with Crippen LogP contribution in [0, 0.1) is 18.8 Å². The lowest BCUT2D eigenvalue weighted by molar-refractivity contribution is -0.143. The first kappa shape index (κ1) is 62.7. The van der Waals surface area contributed by atoms with Crippen molar-refractivity contribution >= 4 is 121 Å². The van der Waals surface area contributed by atoms with Crippen molar-refractivity contribution in [1.82, 2.24) is 66.4 Å². The average Bonchev–Trinajstić information content (AvgIpc) is 2.96. The summed E-state index contributed by atoms with van der Waals surface area (Å²) in [5.74, 6) is -5.46. The van der Waals surface area contributed by atoms with Crippen LogP contribution >= 0.6 is 68.0 Å². The number of aliphatic carboxylic acids is 2. The first-order chi connectivity index (χ1) is 42.3. The third-order valence-corrected chi connectivity index (χ3v) is 20.0. The van der Waals surface area contributed by atoms with Crippen LogP contribution in [-0.4, -0.2) is 138 Å². The maximum atomic E-state index is 14.4. The molecule has 31 heteroatoms. The first-order valence-corrected chi connectivity index (χ1v) is 32.7. The number of carboxylic acid groups (broad SMARTS) is 2. The SMILES string of the molecule is CNC(=O)C[C@@H]1NC(=O)c2csc(n2)-c2ccc(-c3nc(N(CCC(=O)O)C(=O)N4CCC(C(=O)O)CC4)cs3)nc2-c2csc(n2)-c2csc(n2)[C@H](Cc2ccccc2)NC(=O)CNC(=O)c2nc(sc2COC)C(C(C)C)NC(=O)c2nc1sc2C. The highest BCUT2D eigenvalue weighted by molar-refractivity contribution is 7.15. The van der Waals surface area contributed by atoms with Gasteiger partial charge in [-0.15, -0.1) is 68.0 Å². The normalized spacial score (nSPS) is 16.9. The van der Waals surface area contributed by atoms with E-state index in [1.807, 2.05) is 49.6 Å². The molecule has 0 spiro atoms. The second-order valence-corrected chi connectivity index (χ2v) is 26.5. The van der Waals surface area contributed by atoms with Crippen LogP contribution in [0.2, 0.25) is 0 Å². The molecule has 458 valence electrons. The number of nitrogens with one attached hydrogen (secondary N) is 5. The molecule has 7 aromatic heterocycles. The van der Waals surface area contributed by atoms with Crippen molar-refractivity contribution < 1.29 is 53.3 Å². The third kappa shape index (κ3) is 14.5. The fraction of sp³-hybridized carbons (Fsp3) is 0.351. The molecule has 1 saturated heterocycles. The first-order valence-electron chi connectivity index (χ1n) is 27.6. The van der Waals surface area contributed by atoms with Gasteiger partial charge in [-0.3, -0.25) is 38.5 Å². The van der Waals surface area contributed by atoms with Gasteiger partial charge in [-0.2, -0.15) is 0 Å². The molecule has 8 aromatic rings. The van der Waals surface area contributed by atoms with Gasteiger partial charge in [0.05, 0.1) is 60.6 Å². The molecule has 0 aliphatic carbocycles. The highest BCUT2D eigenvalue weighted by Gasteiger charge is 2.34. The van der Waals surface area contributed by atoms with Crippen molar-refractivity contribution in [2.75, 3.05) is 45.2 Å². The number of ether oxygens (including phenoxy) is 1. The summed E-state index contributed by atoms with van der Waals surface area (Å²) in [6, 6.07) is 10.1. The van der Waals surface area contributed by atoms with Crippen LogP contribution in [0.4, 0.5) is 10.6 Å². The zero-order valence-corrected chi connectivity index (χ0v) is 52.8. The molecule has 88 heavy (non-hydrogen) atoms. The van der Waals surface area contributed by atoms with E-state index < -0.39 is 78.1 Å². The van der Waals surface area contributed by atoms with E-state index in [9.17, 15) is 48.6 Å². The molecule has 1 aromatic carbocycles. The number of piperidine rings is 1. The molecular formula is C57H58N14O11S6. The zero-order valence-electron chi connectivity index (χ0n) is 47.9. The van der Waals surface area contributed by atoms with E-state index in [0.29, 0.717) is 69.6 Å². The van der Waals surface area contributed by atoms with Gasteiger partial charge in [-0.05, 0) is 49.8 Å². The standard InChI is InChI=1S/C57H58N14O11S6/c1-27(2)43-55-69-46(38(88-55)22-82-5)48(77)59-21-41(73)60-33(19-29-9-7-6-8-10-29)52-65-37(25-85-52)53-63-35(23-84-53)45-31(50-64-36(24-83-50)47(76)62-34(20-40(72)58-4)54-68-44(28(3)87-54)49(78)67-43)11-12-32(61-45)51-66-39(26-86-51)71(18-15-42(74)75)57(81)70-16-13-30(14-17-70)56(79)80/h6-12,23-27,30,33-34,43H,13-22H2,1-5H3,(H,58,72)(H,59,77)(H,60,73)(H,62,76)(H,67,78)(H,74,75)(H,79,80)/t33-,34-,43?/m0/s1. The summed E-state index contributed by atoms with van der Waals surface area (Å²) in [6.07, 6.45) is 0.228. The van der Waals surface area contributed by atoms with E-state index in [0.717, 1.165) is 28.2 Å². The number of carboxylic acids is 2. The number of thiazole rings is 6. The van der Waals surface area contributed by atoms with Crippen LogP contribution in [0.25, 0.3) is 43.4 Å². The molecule has 0 saturated carbocycles. The summed E-state index contributed by atoms with van der Waals surface area (Å²) < 4.78 is 5.47. The van der Waals surface area contributed by atoms with Crippen molar-refractivity contribution in [2.24, 2.45) is 11.8 Å². The number of fused-ring (bicyclic) bond motifs is 14. The molecule has 9 heterocycles. The monoisotopic (exact) mass is 1310 g/mol. The largest absolute Gasteiger partial charge is 0.481 e. The number of methoxy groups -OCH3 is 1. The lowest BCUT2D eigenvalue weighted by atomic mass is 9.97. The van der Waals surface area contributed by atoms with Crippen molar-refractivity contribution in [3.8, 4) is 43.4 Å². The number of benzene rings is 1. The van der Waals surface area contributed by atoms with E-state index in [1.54, 1.807) is 35.2 Å². The maximum absolute atomic E-state index is 14.4. The van der Waals surface area contributed by atoms with Gasteiger partial charge in [0.1, 0.15) is 70.0 Å². The average molecular weight is 1310 g/mol. The third-order valence-electron chi connectivity index (χ3n) is 14.3. The number of aryl methyl sites for hydroxylation is 1. The number of pyridine rings is 1. The fourth-order valence-electron chi connectivity index (χ4n) is 9.67. The highest BCUT2D eigenvalue weighted by atomic mass is 32.1. The summed E-state index contributed by atoms with van der Waals surface area (Å²) in [7, 11) is 2.95. The molecule has 7 amide bonds. The Morgan fingerprint density at radius 3 is 2.15 bits per heavy atom. The Labute approximate surface area is 527 Å². The summed E-state index contributed by atoms with van der Waals surface area (Å²) in [4.78, 5) is 145. The molecule has 7 N–H and O–H groups in total. The number of hydrogen-bond donors (Lipinski definition) is 7. The zero-order chi connectivity index (χ0) is 62.3. The van der Waals surface area contributed by atoms with E-state index in [1.165, 1.54) is 69.3 Å². The minimum atomic E-state index is -1.13. The van der Waals surface area contributed by atoms with Crippen LogP contribution in [0.1, 0.15) is 119 Å². The molecule has 1 unspecified atom stereocenters. The van der Waals surface area contributed by atoms with Gasteiger partial charge in [-0.1, -0.05) is 44.2 Å². The Bertz CT molecular complexity index is 3920.